The van der Waals surface area contributed by atoms with Crippen molar-refractivity contribution in [1.82, 2.24) is 4.90 Å². The van der Waals surface area contributed by atoms with Crippen LogP contribution in [-0.2, 0) is 9.59 Å². The number of nitrogens with zero attached hydrogens (tertiary/aromatic N) is 1. The first-order valence-corrected chi connectivity index (χ1v) is 6.35. The Labute approximate surface area is 118 Å². The van der Waals surface area contributed by atoms with E-state index in [4.69, 9.17) is 5.11 Å². The molecule has 0 unspecified atom stereocenters. The van der Waals surface area contributed by atoms with Crippen molar-refractivity contribution >= 4 is 17.6 Å². The average molecular weight is 276 g/mol. The van der Waals surface area contributed by atoms with Crippen LogP contribution in [0.4, 0.5) is 5.69 Å². The first kappa shape index (κ1) is 15.9. The summed E-state index contributed by atoms with van der Waals surface area (Å²) < 4.78 is 0. The zero-order valence-electron chi connectivity index (χ0n) is 11.8. The molecule has 0 aliphatic heterocycles. The minimum Gasteiger partial charge on any atom is -0.480 e. The fourth-order valence-electron chi connectivity index (χ4n) is 1.84. The first-order chi connectivity index (χ1) is 9.43. The molecule has 1 aromatic carbocycles. The van der Waals surface area contributed by atoms with Gasteiger partial charge in [0.15, 0.2) is 0 Å². The molecular weight excluding hydrogens is 256 g/mol. The van der Waals surface area contributed by atoms with Gasteiger partial charge in [0.25, 0.3) is 0 Å². The lowest BCUT2D eigenvalue weighted by molar-refractivity contribution is -0.138. The number of carboxylic acids is 1. The fraction of sp³-hybridized carbons (Fsp3) is 0.333. The normalized spacial score (nSPS) is 10.3. The minimum absolute atomic E-state index is 0.0195. The molecule has 0 fully saturated rings. The lowest BCUT2D eigenvalue weighted by Crippen LogP contribution is -2.37. The van der Waals surface area contributed by atoms with Gasteiger partial charge in [-0.15, -0.1) is 6.58 Å². The zero-order chi connectivity index (χ0) is 15.1. The van der Waals surface area contributed by atoms with Crippen LogP contribution in [0.2, 0.25) is 0 Å². The molecule has 0 heterocycles. The number of carbonyl (C=O) groups is 2. The Kier molecular flexibility index (Phi) is 5.93. The van der Waals surface area contributed by atoms with Crippen LogP contribution in [0.25, 0.3) is 0 Å². The van der Waals surface area contributed by atoms with Gasteiger partial charge >= 0.3 is 5.97 Å². The molecule has 1 amide bonds. The van der Waals surface area contributed by atoms with Gasteiger partial charge < -0.3 is 10.4 Å². The second-order valence-corrected chi connectivity index (χ2v) is 4.65. The van der Waals surface area contributed by atoms with Crippen molar-refractivity contribution in [2.45, 2.75) is 13.8 Å². The summed E-state index contributed by atoms with van der Waals surface area (Å²) in [5.74, 6) is -1.20. The van der Waals surface area contributed by atoms with Crippen molar-refractivity contribution < 1.29 is 14.7 Å². The van der Waals surface area contributed by atoms with E-state index in [1.54, 1.807) is 6.08 Å². The maximum atomic E-state index is 12.0. The third-order valence-electron chi connectivity index (χ3n) is 2.99. The molecule has 0 aliphatic rings. The maximum Gasteiger partial charge on any atom is 0.317 e. The van der Waals surface area contributed by atoms with Crippen LogP contribution in [0.15, 0.2) is 30.9 Å². The summed E-state index contributed by atoms with van der Waals surface area (Å²) in [6.45, 7) is 7.65. The number of aryl methyl sites for hydroxylation is 1. The van der Waals surface area contributed by atoms with Crippen LogP contribution in [-0.4, -0.2) is 41.5 Å². The number of nitrogens with one attached hydrogen (secondary N) is 1. The second-order valence-electron chi connectivity index (χ2n) is 4.65. The molecule has 2 N–H and O–H groups in total. The van der Waals surface area contributed by atoms with Gasteiger partial charge in [0.05, 0.1) is 13.1 Å². The van der Waals surface area contributed by atoms with Crippen LogP contribution in [0.5, 0.6) is 0 Å². The molecule has 0 saturated carbocycles. The molecule has 0 spiro atoms. The lowest BCUT2D eigenvalue weighted by atomic mass is 10.1. The quantitative estimate of drug-likeness (QED) is 0.745. The average Bonchev–Trinajstić information content (AvgIpc) is 2.34. The number of aliphatic carboxylic acids is 1. The van der Waals surface area contributed by atoms with Crippen LogP contribution < -0.4 is 5.32 Å². The summed E-state index contributed by atoms with van der Waals surface area (Å²) in [4.78, 5) is 24.2. The summed E-state index contributed by atoms with van der Waals surface area (Å²) >= 11 is 0. The van der Waals surface area contributed by atoms with Gasteiger partial charge in [-0.05, 0) is 31.0 Å². The highest BCUT2D eigenvalue weighted by Gasteiger charge is 2.13. The van der Waals surface area contributed by atoms with Gasteiger partial charge in [-0.1, -0.05) is 18.2 Å². The molecule has 5 nitrogen and oxygen atoms in total. The Morgan fingerprint density at radius 2 is 2.05 bits per heavy atom. The molecule has 1 rings (SSSR count). The van der Waals surface area contributed by atoms with E-state index in [1.165, 1.54) is 4.90 Å². The van der Waals surface area contributed by atoms with E-state index in [0.29, 0.717) is 6.54 Å². The molecule has 5 heteroatoms. The van der Waals surface area contributed by atoms with Gasteiger partial charge in [0, 0.05) is 12.2 Å². The molecule has 0 atom stereocenters. The fourth-order valence-corrected chi connectivity index (χ4v) is 1.84. The third-order valence-corrected chi connectivity index (χ3v) is 2.99. The number of hydrogen-bond donors (Lipinski definition) is 2. The molecule has 0 radical (unpaired) electrons. The van der Waals surface area contributed by atoms with E-state index < -0.39 is 5.97 Å². The molecule has 20 heavy (non-hydrogen) atoms. The highest BCUT2D eigenvalue weighted by molar-refractivity contribution is 5.93. The summed E-state index contributed by atoms with van der Waals surface area (Å²) in [5.41, 5.74) is 2.86. The van der Waals surface area contributed by atoms with Crippen molar-refractivity contribution in [3.63, 3.8) is 0 Å². The van der Waals surface area contributed by atoms with Crippen molar-refractivity contribution in [3.05, 3.63) is 42.0 Å². The molecule has 1 aromatic rings. The Morgan fingerprint density at radius 1 is 1.35 bits per heavy atom. The van der Waals surface area contributed by atoms with Crippen molar-refractivity contribution in [1.29, 1.82) is 0 Å². The Hall–Kier alpha value is -2.14. The molecule has 0 bridgehead atoms. The van der Waals surface area contributed by atoms with E-state index in [2.05, 4.69) is 11.9 Å². The summed E-state index contributed by atoms with van der Waals surface area (Å²) in [6.07, 6.45) is 1.58. The Morgan fingerprint density at radius 3 is 2.65 bits per heavy atom. The van der Waals surface area contributed by atoms with Crippen molar-refractivity contribution in [2.75, 3.05) is 25.0 Å². The van der Waals surface area contributed by atoms with E-state index in [0.717, 1.165) is 16.8 Å². The molecule has 0 aromatic heterocycles. The van der Waals surface area contributed by atoms with Gasteiger partial charge in [-0.25, -0.2) is 0 Å². The minimum atomic E-state index is -0.966. The number of amides is 1. The second kappa shape index (κ2) is 7.45. The monoisotopic (exact) mass is 276 g/mol. The topological polar surface area (TPSA) is 69.6 Å². The van der Waals surface area contributed by atoms with Crippen LogP contribution in [0.1, 0.15) is 11.1 Å². The number of rotatable bonds is 7. The summed E-state index contributed by atoms with van der Waals surface area (Å²) in [5, 5.41) is 11.6. The van der Waals surface area contributed by atoms with Gasteiger partial charge in [0.2, 0.25) is 5.91 Å². The molecule has 0 saturated heterocycles. The van der Waals surface area contributed by atoms with E-state index in [1.807, 2.05) is 32.0 Å². The predicted octanol–water partition coefficient (Wildman–Crippen LogP) is 1.81. The first-order valence-electron chi connectivity index (χ1n) is 6.35. The summed E-state index contributed by atoms with van der Waals surface area (Å²) in [7, 11) is 0. The van der Waals surface area contributed by atoms with Crippen LogP contribution in [0.3, 0.4) is 0 Å². The van der Waals surface area contributed by atoms with E-state index in [9.17, 15) is 9.59 Å². The smallest absolute Gasteiger partial charge is 0.317 e. The maximum absolute atomic E-state index is 12.0. The molecule has 0 aliphatic carbocycles. The number of anilines is 1. The third kappa shape index (κ3) is 4.85. The number of carbonyl (C=O) groups excluding carboxylic acids is 1. The summed E-state index contributed by atoms with van der Waals surface area (Å²) in [6, 6.07) is 5.67. The Bertz CT molecular complexity index is 512. The highest BCUT2D eigenvalue weighted by Crippen LogP contribution is 2.17. The Balaban J connectivity index is 2.67. The molecule has 108 valence electrons. The van der Waals surface area contributed by atoms with Crippen LogP contribution >= 0.6 is 0 Å². The van der Waals surface area contributed by atoms with Gasteiger partial charge in [-0.3, -0.25) is 14.5 Å². The number of benzene rings is 1. The number of hydrogen-bond acceptors (Lipinski definition) is 3. The largest absolute Gasteiger partial charge is 0.480 e. The van der Waals surface area contributed by atoms with E-state index in [-0.39, 0.29) is 19.0 Å². The van der Waals surface area contributed by atoms with Gasteiger partial charge in [0.1, 0.15) is 0 Å². The zero-order valence-corrected chi connectivity index (χ0v) is 11.8. The predicted molar refractivity (Wildman–Crippen MR) is 78.8 cm³/mol. The van der Waals surface area contributed by atoms with Crippen LogP contribution in [0, 0.1) is 13.8 Å². The molecular formula is C15H20N2O3. The number of carboxylic acid groups (broad SMARTS) is 1. The van der Waals surface area contributed by atoms with Crippen molar-refractivity contribution in [3.8, 4) is 0 Å². The van der Waals surface area contributed by atoms with Gasteiger partial charge in [-0.2, -0.15) is 0 Å². The lowest BCUT2D eigenvalue weighted by Gasteiger charge is -2.18. The highest BCUT2D eigenvalue weighted by atomic mass is 16.4. The standard InChI is InChI=1S/C15H20N2O3/c1-4-8-17(10-15(19)20)9-14(18)16-13-7-5-6-11(2)12(13)3/h4-7H,1,8-10H2,2-3H3,(H,16,18)(H,19,20). The SMILES string of the molecule is C=CCN(CC(=O)O)CC(=O)Nc1cccc(C)c1C. The van der Waals surface area contributed by atoms with Crippen molar-refractivity contribution in [2.24, 2.45) is 0 Å². The van der Waals surface area contributed by atoms with E-state index >= 15 is 0 Å².